The molecule has 0 saturated carbocycles. The molecule has 1 heterocycles. The molecule has 0 atom stereocenters. The fraction of sp³-hybridized carbons (Fsp3) is 0.0833. The van der Waals surface area contributed by atoms with Crippen molar-refractivity contribution < 1.29 is 13.9 Å². The van der Waals surface area contributed by atoms with Gasteiger partial charge >= 0.3 is 0 Å². The van der Waals surface area contributed by atoms with Crippen molar-refractivity contribution in [2.24, 2.45) is 0 Å². The van der Waals surface area contributed by atoms with Crippen molar-refractivity contribution in [2.45, 2.75) is 0 Å². The van der Waals surface area contributed by atoms with E-state index < -0.39 is 5.82 Å². The Hall–Kier alpha value is -1.82. The SMILES string of the molecule is COc1cc(N)ccc1Oc1ncc(Br)cc1F. The van der Waals surface area contributed by atoms with Crippen LogP contribution in [0, 0.1) is 5.82 Å². The van der Waals surface area contributed by atoms with E-state index in [4.69, 9.17) is 15.2 Å². The average molecular weight is 313 g/mol. The Morgan fingerprint density at radius 2 is 2.06 bits per heavy atom. The molecule has 0 unspecified atom stereocenters. The molecule has 0 saturated heterocycles. The second-order valence-corrected chi connectivity index (χ2v) is 4.37. The second kappa shape index (κ2) is 5.22. The monoisotopic (exact) mass is 312 g/mol. The molecule has 0 bridgehead atoms. The van der Waals surface area contributed by atoms with E-state index in [-0.39, 0.29) is 5.88 Å². The molecule has 94 valence electrons. The Morgan fingerprint density at radius 1 is 1.28 bits per heavy atom. The first-order valence-corrected chi connectivity index (χ1v) is 5.82. The third-order valence-electron chi connectivity index (χ3n) is 2.17. The first kappa shape index (κ1) is 12.6. The minimum atomic E-state index is -0.566. The smallest absolute Gasteiger partial charge is 0.256 e. The fourth-order valence-corrected chi connectivity index (χ4v) is 1.65. The number of hydrogen-bond donors (Lipinski definition) is 1. The summed E-state index contributed by atoms with van der Waals surface area (Å²) in [6, 6.07) is 6.09. The summed E-state index contributed by atoms with van der Waals surface area (Å²) in [5.41, 5.74) is 6.15. The zero-order valence-corrected chi connectivity index (χ0v) is 11.1. The highest BCUT2D eigenvalue weighted by Gasteiger charge is 2.11. The Kier molecular flexibility index (Phi) is 3.66. The van der Waals surface area contributed by atoms with E-state index >= 15 is 0 Å². The third-order valence-corrected chi connectivity index (χ3v) is 2.60. The highest BCUT2D eigenvalue weighted by Crippen LogP contribution is 2.33. The van der Waals surface area contributed by atoms with Gasteiger partial charge in [-0.25, -0.2) is 9.37 Å². The number of anilines is 1. The zero-order valence-electron chi connectivity index (χ0n) is 9.48. The number of methoxy groups -OCH3 is 1. The molecule has 0 aliphatic heterocycles. The summed E-state index contributed by atoms with van der Waals surface area (Å²) >= 11 is 3.12. The Morgan fingerprint density at radius 3 is 2.72 bits per heavy atom. The molecular weight excluding hydrogens is 303 g/mol. The van der Waals surface area contributed by atoms with E-state index in [9.17, 15) is 4.39 Å². The number of ether oxygens (including phenoxy) is 2. The maximum absolute atomic E-state index is 13.6. The topological polar surface area (TPSA) is 57.4 Å². The molecule has 1 aromatic heterocycles. The number of nitrogens with two attached hydrogens (primary N) is 1. The normalized spacial score (nSPS) is 10.2. The summed E-state index contributed by atoms with van der Waals surface area (Å²) in [6.07, 6.45) is 1.45. The van der Waals surface area contributed by atoms with Crippen LogP contribution in [0.3, 0.4) is 0 Å². The van der Waals surface area contributed by atoms with Crippen LogP contribution in [-0.4, -0.2) is 12.1 Å². The van der Waals surface area contributed by atoms with Gasteiger partial charge in [0.25, 0.3) is 5.88 Å². The van der Waals surface area contributed by atoms with Gasteiger partial charge in [0.05, 0.1) is 7.11 Å². The van der Waals surface area contributed by atoms with Gasteiger partial charge in [-0.2, -0.15) is 0 Å². The van der Waals surface area contributed by atoms with Crippen LogP contribution in [0.2, 0.25) is 0 Å². The quantitative estimate of drug-likeness (QED) is 0.883. The summed E-state index contributed by atoms with van der Waals surface area (Å²) in [7, 11) is 1.48. The van der Waals surface area contributed by atoms with E-state index in [1.165, 1.54) is 19.4 Å². The largest absolute Gasteiger partial charge is 0.493 e. The second-order valence-electron chi connectivity index (χ2n) is 3.45. The van der Waals surface area contributed by atoms with E-state index in [2.05, 4.69) is 20.9 Å². The van der Waals surface area contributed by atoms with E-state index in [0.717, 1.165) is 0 Å². The minimum absolute atomic E-state index is 0.124. The van der Waals surface area contributed by atoms with Gasteiger partial charge in [-0.3, -0.25) is 0 Å². The van der Waals surface area contributed by atoms with Crippen LogP contribution >= 0.6 is 15.9 Å². The van der Waals surface area contributed by atoms with Crippen molar-refractivity contribution in [3.05, 3.63) is 40.8 Å². The molecule has 6 heteroatoms. The summed E-state index contributed by atoms with van der Waals surface area (Å²) in [6.45, 7) is 0. The van der Waals surface area contributed by atoms with Crippen molar-refractivity contribution in [1.82, 2.24) is 4.98 Å². The lowest BCUT2D eigenvalue weighted by molar-refractivity contribution is 0.364. The van der Waals surface area contributed by atoms with Gasteiger partial charge in [0.1, 0.15) is 0 Å². The molecule has 0 aliphatic carbocycles. The minimum Gasteiger partial charge on any atom is -0.493 e. The first-order valence-electron chi connectivity index (χ1n) is 5.02. The number of aromatic nitrogens is 1. The Bertz CT molecular complexity index is 578. The number of nitrogen functional groups attached to an aromatic ring is 1. The lowest BCUT2D eigenvalue weighted by atomic mass is 10.3. The maximum Gasteiger partial charge on any atom is 0.256 e. The van der Waals surface area contributed by atoms with Gasteiger partial charge in [0.15, 0.2) is 17.3 Å². The molecule has 1 aromatic carbocycles. The summed E-state index contributed by atoms with van der Waals surface area (Å²) < 4.78 is 24.6. The van der Waals surface area contributed by atoms with Crippen LogP contribution in [-0.2, 0) is 0 Å². The Labute approximate surface area is 112 Å². The molecule has 0 fully saturated rings. The highest BCUT2D eigenvalue weighted by atomic mass is 79.9. The fourth-order valence-electron chi connectivity index (χ4n) is 1.35. The number of nitrogens with zero attached hydrogens (tertiary/aromatic N) is 1. The van der Waals surface area contributed by atoms with Crippen LogP contribution in [0.25, 0.3) is 0 Å². The average Bonchev–Trinajstić information content (AvgIpc) is 2.34. The number of hydrogen-bond acceptors (Lipinski definition) is 4. The molecule has 2 N–H and O–H groups in total. The lowest BCUT2D eigenvalue weighted by Crippen LogP contribution is -1.96. The summed E-state index contributed by atoms with van der Waals surface area (Å²) in [4.78, 5) is 3.84. The van der Waals surface area contributed by atoms with Crippen LogP contribution < -0.4 is 15.2 Å². The number of pyridine rings is 1. The van der Waals surface area contributed by atoms with Crippen LogP contribution in [0.15, 0.2) is 34.9 Å². The van der Waals surface area contributed by atoms with E-state index in [1.807, 2.05) is 0 Å². The van der Waals surface area contributed by atoms with Crippen molar-refractivity contribution in [3.63, 3.8) is 0 Å². The summed E-state index contributed by atoms with van der Waals surface area (Å²) in [5.74, 6) is 0.0732. The molecule has 2 rings (SSSR count). The molecule has 0 amide bonds. The van der Waals surface area contributed by atoms with Gasteiger partial charge in [-0.15, -0.1) is 0 Å². The zero-order chi connectivity index (χ0) is 13.1. The molecule has 2 aromatic rings. The van der Waals surface area contributed by atoms with Crippen molar-refractivity contribution in [2.75, 3.05) is 12.8 Å². The number of halogens is 2. The number of rotatable bonds is 3. The predicted octanol–water partition coefficient (Wildman–Crippen LogP) is 3.37. The lowest BCUT2D eigenvalue weighted by Gasteiger charge is -2.10. The van der Waals surface area contributed by atoms with Crippen LogP contribution in [0.4, 0.5) is 10.1 Å². The van der Waals surface area contributed by atoms with E-state index in [0.29, 0.717) is 21.7 Å². The van der Waals surface area contributed by atoms with Crippen LogP contribution in [0.1, 0.15) is 0 Å². The molecular formula is C12H10BrFN2O2. The third kappa shape index (κ3) is 2.70. The predicted molar refractivity (Wildman–Crippen MR) is 69.4 cm³/mol. The molecule has 0 radical (unpaired) electrons. The van der Waals surface area contributed by atoms with Crippen molar-refractivity contribution in [1.29, 1.82) is 0 Å². The number of benzene rings is 1. The summed E-state index contributed by atoms with van der Waals surface area (Å²) in [5, 5.41) is 0. The van der Waals surface area contributed by atoms with Crippen molar-refractivity contribution >= 4 is 21.6 Å². The molecule has 0 aliphatic rings. The van der Waals surface area contributed by atoms with Gasteiger partial charge in [-0.1, -0.05) is 0 Å². The maximum atomic E-state index is 13.6. The molecule has 18 heavy (non-hydrogen) atoms. The Balaban J connectivity index is 2.33. The highest BCUT2D eigenvalue weighted by molar-refractivity contribution is 9.10. The van der Waals surface area contributed by atoms with Crippen molar-refractivity contribution in [3.8, 4) is 17.4 Å². The van der Waals surface area contributed by atoms with Gasteiger partial charge < -0.3 is 15.2 Å². The molecule has 4 nitrogen and oxygen atoms in total. The molecule has 0 spiro atoms. The van der Waals surface area contributed by atoms with Gasteiger partial charge in [0, 0.05) is 22.4 Å². The van der Waals surface area contributed by atoms with Crippen LogP contribution in [0.5, 0.6) is 17.4 Å². The standard InChI is InChI=1S/C12H10BrFN2O2/c1-17-11-5-8(15)2-3-10(11)18-12-9(14)4-7(13)6-16-12/h2-6H,15H2,1H3. The van der Waals surface area contributed by atoms with Gasteiger partial charge in [0.2, 0.25) is 0 Å². The van der Waals surface area contributed by atoms with Gasteiger partial charge in [-0.05, 0) is 34.1 Å². The first-order chi connectivity index (χ1) is 8.60. The van der Waals surface area contributed by atoms with E-state index in [1.54, 1.807) is 18.2 Å².